The fourth-order valence-corrected chi connectivity index (χ4v) is 1.80. The van der Waals surface area contributed by atoms with Crippen molar-refractivity contribution in [3.8, 4) is 0 Å². The molecule has 0 bridgehead atoms. The zero-order valence-electron chi connectivity index (χ0n) is 9.70. The molecule has 1 aliphatic heterocycles. The lowest BCUT2D eigenvalue weighted by molar-refractivity contribution is -0.144. The number of nitrogens with zero attached hydrogens (tertiary/aromatic N) is 1. The Labute approximate surface area is 91.5 Å². The van der Waals surface area contributed by atoms with E-state index in [1.165, 1.54) is 0 Å². The van der Waals surface area contributed by atoms with Gasteiger partial charge in [0.25, 0.3) is 0 Å². The Kier molecular flexibility index (Phi) is 5.65. The molecule has 1 rings (SSSR count). The van der Waals surface area contributed by atoms with Crippen molar-refractivity contribution in [1.29, 1.82) is 0 Å². The number of hydrogen-bond donors (Lipinski definition) is 0. The summed E-state index contributed by atoms with van der Waals surface area (Å²) in [6, 6.07) is 0.255. The SMILES string of the molecule is CCOC(=O)CC(C)N1CCCOCC1. The van der Waals surface area contributed by atoms with E-state index in [1.54, 1.807) is 0 Å². The van der Waals surface area contributed by atoms with Crippen LogP contribution in [0.4, 0.5) is 0 Å². The average molecular weight is 215 g/mol. The molecule has 0 N–H and O–H groups in total. The molecule has 0 saturated carbocycles. The summed E-state index contributed by atoms with van der Waals surface area (Å²) in [6.45, 7) is 7.91. The molecule has 1 atom stereocenters. The second-order valence-corrected chi connectivity index (χ2v) is 3.86. The summed E-state index contributed by atoms with van der Waals surface area (Å²) < 4.78 is 10.3. The number of ether oxygens (including phenoxy) is 2. The first-order chi connectivity index (χ1) is 7.24. The number of rotatable bonds is 4. The van der Waals surface area contributed by atoms with Gasteiger partial charge in [0.2, 0.25) is 0 Å². The Hall–Kier alpha value is -0.610. The molecule has 1 saturated heterocycles. The maximum atomic E-state index is 11.3. The molecule has 0 spiro atoms. The monoisotopic (exact) mass is 215 g/mol. The van der Waals surface area contributed by atoms with Gasteiger partial charge in [0.05, 0.1) is 19.6 Å². The van der Waals surface area contributed by atoms with E-state index in [9.17, 15) is 4.79 Å². The normalized spacial score (nSPS) is 20.7. The molecule has 0 radical (unpaired) electrons. The van der Waals surface area contributed by atoms with Crippen molar-refractivity contribution in [2.45, 2.75) is 32.7 Å². The highest BCUT2D eigenvalue weighted by Gasteiger charge is 2.18. The van der Waals surface area contributed by atoms with Crippen LogP contribution in [-0.2, 0) is 14.3 Å². The van der Waals surface area contributed by atoms with Crippen molar-refractivity contribution < 1.29 is 14.3 Å². The van der Waals surface area contributed by atoms with E-state index in [0.717, 1.165) is 32.7 Å². The Balaban J connectivity index is 2.30. The highest BCUT2D eigenvalue weighted by atomic mass is 16.5. The maximum Gasteiger partial charge on any atom is 0.307 e. The molecule has 0 aromatic heterocycles. The van der Waals surface area contributed by atoms with E-state index in [2.05, 4.69) is 11.8 Å². The molecule has 4 heteroatoms. The molecule has 1 heterocycles. The molecule has 0 aromatic rings. The Morgan fingerprint density at radius 2 is 2.27 bits per heavy atom. The van der Waals surface area contributed by atoms with Crippen LogP contribution in [-0.4, -0.2) is 49.8 Å². The van der Waals surface area contributed by atoms with Crippen LogP contribution in [0.5, 0.6) is 0 Å². The van der Waals surface area contributed by atoms with E-state index >= 15 is 0 Å². The van der Waals surface area contributed by atoms with Gasteiger partial charge in [-0.1, -0.05) is 0 Å². The van der Waals surface area contributed by atoms with Crippen LogP contribution in [0.2, 0.25) is 0 Å². The summed E-state index contributed by atoms with van der Waals surface area (Å²) in [5, 5.41) is 0. The van der Waals surface area contributed by atoms with Gasteiger partial charge in [0.15, 0.2) is 0 Å². The highest BCUT2D eigenvalue weighted by Crippen LogP contribution is 2.08. The molecule has 1 fully saturated rings. The second kappa shape index (κ2) is 6.80. The van der Waals surface area contributed by atoms with Crippen LogP contribution < -0.4 is 0 Å². The molecule has 1 unspecified atom stereocenters. The summed E-state index contributed by atoms with van der Waals surface area (Å²) in [4.78, 5) is 13.6. The Morgan fingerprint density at radius 3 is 3.00 bits per heavy atom. The van der Waals surface area contributed by atoms with Crippen molar-refractivity contribution in [3.63, 3.8) is 0 Å². The van der Waals surface area contributed by atoms with Crippen molar-refractivity contribution in [2.75, 3.05) is 32.9 Å². The first-order valence-electron chi connectivity index (χ1n) is 5.71. The lowest BCUT2D eigenvalue weighted by Gasteiger charge is -2.26. The first-order valence-corrected chi connectivity index (χ1v) is 5.71. The van der Waals surface area contributed by atoms with Gasteiger partial charge in [-0.2, -0.15) is 0 Å². The molecular formula is C11H21NO3. The smallest absolute Gasteiger partial charge is 0.307 e. The lowest BCUT2D eigenvalue weighted by Crippen LogP contribution is -2.36. The van der Waals surface area contributed by atoms with Crippen LogP contribution in [0, 0.1) is 0 Å². The summed E-state index contributed by atoms with van der Waals surface area (Å²) in [5.74, 6) is -0.102. The largest absolute Gasteiger partial charge is 0.466 e. The first kappa shape index (κ1) is 12.5. The predicted molar refractivity (Wildman–Crippen MR) is 57.7 cm³/mol. The molecule has 1 aliphatic rings. The van der Waals surface area contributed by atoms with Gasteiger partial charge in [-0.25, -0.2) is 0 Å². The van der Waals surface area contributed by atoms with E-state index < -0.39 is 0 Å². The van der Waals surface area contributed by atoms with E-state index in [1.807, 2.05) is 6.92 Å². The fraction of sp³-hybridized carbons (Fsp3) is 0.909. The standard InChI is InChI=1S/C11H21NO3/c1-3-15-11(13)9-10(2)12-5-4-7-14-8-6-12/h10H,3-9H2,1-2H3. The Morgan fingerprint density at radius 1 is 1.47 bits per heavy atom. The topological polar surface area (TPSA) is 38.8 Å². The second-order valence-electron chi connectivity index (χ2n) is 3.86. The highest BCUT2D eigenvalue weighted by molar-refractivity contribution is 5.70. The zero-order valence-corrected chi connectivity index (χ0v) is 9.70. The Bertz CT molecular complexity index is 188. The van der Waals surface area contributed by atoms with Crippen molar-refractivity contribution >= 4 is 5.97 Å². The van der Waals surface area contributed by atoms with E-state index in [4.69, 9.17) is 9.47 Å². The van der Waals surface area contributed by atoms with Gasteiger partial charge in [-0.05, 0) is 20.3 Å². The van der Waals surface area contributed by atoms with Gasteiger partial charge in [-0.15, -0.1) is 0 Å². The third-order valence-electron chi connectivity index (χ3n) is 2.65. The van der Waals surface area contributed by atoms with Crippen molar-refractivity contribution in [2.24, 2.45) is 0 Å². The van der Waals surface area contributed by atoms with Crippen molar-refractivity contribution in [1.82, 2.24) is 4.90 Å². The third-order valence-corrected chi connectivity index (χ3v) is 2.65. The van der Waals surface area contributed by atoms with E-state index in [-0.39, 0.29) is 12.0 Å². The van der Waals surface area contributed by atoms with Gasteiger partial charge in [-0.3, -0.25) is 9.69 Å². The lowest BCUT2D eigenvalue weighted by atomic mass is 10.2. The molecule has 15 heavy (non-hydrogen) atoms. The molecule has 0 aromatic carbocycles. The van der Waals surface area contributed by atoms with Crippen LogP contribution in [0.25, 0.3) is 0 Å². The fourth-order valence-electron chi connectivity index (χ4n) is 1.80. The summed E-state index contributed by atoms with van der Waals surface area (Å²) in [6.07, 6.45) is 1.53. The van der Waals surface area contributed by atoms with Gasteiger partial charge >= 0.3 is 5.97 Å². The molecule has 0 amide bonds. The van der Waals surface area contributed by atoms with Crippen LogP contribution >= 0.6 is 0 Å². The van der Waals surface area contributed by atoms with Crippen LogP contribution in [0.3, 0.4) is 0 Å². The molecule has 88 valence electrons. The quantitative estimate of drug-likeness (QED) is 0.657. The summed E-state index contributed by atoms with van der Waals surface area (Å²) >= 11 is 0. The number of carbonyl (C=O) groups is 1. The predicted octanol–water partition coefficient (Wildman–Crippen LogP) is 1.05. The minimum absolute atomic E-state index is 0.102. The number of esters is 1. The van der Waals surface area contributed by atoms with Gasteiger partial charge in [0.1, 0.15) is 0 Å². The molecule has 0 aliphatic carbocycles. The minimum Gasteiger partial charge on any atom is -0.466 e. The third kappa shape index (κ3) is 4.62. The number of carbonyl (C=O) groups excluding carboxylic acids is 1. The molecule has 4 nitrogen and oxygen atoms in total. The van der Waals surface area contributed by atoms with Crippen LogP contribution in [0.1, 0.15) is 26.7 Å². The van der Waals surface area contributed by atoms with E-state index in [0.29, 0.717) is 13.0 Å². The maximum absolute atomic E-state index is 11.3. The summed E-state index contributed by atoms with van der Waals surface area (Å²) in [5.41, 5.74) is 0. The zero-order chi connectivity index (χ0) is 11.1. The number of hydrogen-bond acceptors (Lipinski definition) is 4. The average Bonchev–Trinajstić information content (AvgIpc) is 2.45. The van der Waals surface area contributed by atoms with Gasteiger partial charge < -0.3 is 9.47 Å². The van der Waals surface area contributed by atoms with Gasteiger partial charge in [0, 0.05) is 25.7 Å². The summed E-state index contributed by atoms with van der Waals surface area (Å²) in [7, 11) is 0. The van der Waals surface area contributed by atoms with Crippen molar-refractivity contribution in [3.05, 3.63) is 0 Å². The minimum atomic E-state index is -0.102. The molecular weight excluding hydrogens is 194 g/mol. The van der Waals surface area contributed by atoms with Crippen LogP contribution in [0.15, 0.2) is 0 Å².